The number of aromatic nitrogens is 2. The Labute approximate surface area is 121 Å². The zero-order valence-electron chi connectivity index (χ0n) is 12.4. The van der Waals surface area contributed by atoms with E-state index in [4.69, 9.17) is 0 Å². The first-order chi connectivity index (χ1) is 9.44. The molecule has 2 rings (SSSR count). The molecule has 0 bridgehead atoms. The number of hydrogen-bond acceptors (Lipinski definition) is 4. The normalized spacial score (nSPS) is 23.9. The molecule has 20 heavy (non-hydrogen) atoms. The van der Waals surface area contributed by atoms with Crippen LogP contribution in [0, 0.1) is 12.8 Å². The zero-order chi connectivity index (χ0) is 14.8. The molecular weight excluding hydrogens is 276 g/mol. The van der Waals surface area contributed by atoms with Crippen molar-refractivity contribution in [2.24, 2.45) is 5.92 Å². The molecule has 0 amide bonds. The van der Waals surface area contributed by atoms with Crippen LogP contribution in [0.25, 0.3) is 0 Å². The van der Waals surface area contributed by atoms with E-state index in [1.54, 1.807) is 6.20 Å². The van der Waals surface area contributed by atoms with Crippen LogP contribution in [0.5, 0.6) is 0 Å². The second-order valence-corrected chi connectivity index (χ2v) is 7.18. The number of sulfonamides is 1. The van der Waals surface area contributed by atoms with Gasteiger partial charge in [0.05, 0.1) is 0 Å². The second-order valence-electron chi connectivity index (χ2n) is 5.52. The topological polar surface area (TPSA) is 76.0 Å². The maximum atomic E-state index is 12.4. The Morgan fingerprint density at radius 3 is 2.95 bits per heavy atom. The predicted molar refractivity (Wildman–Crippen MR) is 78.0 cm³/mol. The molecule has 2 N–H and O–H groups in total. The van der Waals surface area contributed by atoms with Gasteiger partial charge in [-0.15, -0.1) is 0 Å². The van der Waals surface area contributed by atoms with Crippen LogP contribution in [0.2, 0.25) is 0 Å². The van der Waals surface area contributed by atoms with Crippen molar-refractivity contribution in [2.75, 3.05) is 13.1 Å². The molecule has 2 atom stereocenters. The molecule has 114 valence electrons. The molecule has 0 saturated carbocycles. The summed E-state index contributed by atoms with van der Waals surface area (Å²) < 4.78 is 29.5. The van der Waals surface area contributed by atoms with E-state index in [9.17, 15) is 8.42 Å². The molecule has 1 aromatic heterocycles. The van der Waals surface area contributed by atoms with E-state index in [1.165, 1.54) is 0 Å². The third kappa shape index (κ3) is 3.39. The minimum Gasteiger partial charge on any atom is -0.334 e. The summed E-state index contributed by atoms with van der Waals surface area (Å²) in [5, 5.41) is 3.35. The summed E-state index contributed by atoms with van der Waals surface area (Å²) in [5.74, 6) is 1.08. The lowest BCUT2D eigenvalue weighted by Gasteiger charge is -2.29. The fraction of sp³-hybridized carbons (Fsp3) is 0.769. The van der Waals surface area contributed by atoms with Gasteiger partial charge in [-0.05, 0) is 32.2 Å². The number of piperidine rings is 1. The minimum absolute atomic E-state index is 0.0645. The number of nitrogens with one attached hydrogen (secondary N) is 2. The molecule has 1 aromatic rings. The van der Waals surface area contributed by atoms with Crippen molar-refractivity contribution in [1.29, 1.82) is 0 Å². The molecule has 0 aliphatic carbocycles. The van der Waals surface area contributed by atoms with Crippen LogP contribution in [0.15, 0.2) is 11.2 Å². The summed E-state index contributed by atoms with van der Waals surface area (Å²) in [4.78, 5) is 4.18. The van der Waals surface area contributed by atoms with E-state index >= 15 is 0 Å². The smallest absolute Gasteiger partial charge is 0.259 e. The molecule has 2 unspecified atom stereocenters. The van der Waals surface area contributed by atoms with Crippen molar-refractivity contribution < 1.29 is 8.42 Å². The fourth-order valence-electron chi connectivity index (χ4n) is 2.48. The average Bonchev–Trinajstić information content (AvgIpc) is 2.75. The first kappa shape index (κ1) is 15.5. The van der Waals surface area contributed by atoms with E-state index in [-0.39, 0.29) is 11.1 Å². The Kier molecular flexibility index (Phi) is 4.82. The van der Waals surface area contributed by atoms with Gasteiger partial charge in [-0.3, -0.25) is 0 Å². The average molecular weight is 300 g/mol. The molecule has 1 fully saturated rings. The molecule has 1 aliphatic rings. The SMILES string of the molecule is CCCn1cc(S(=O)(=O)NC2CNCCC2C)nc1C. The molecule has 0 spiro atoms. The fourth-order valence-corrected chi connectivity index (χ4v) is 3.84. The zero-order valence-corrected chi connectivity index (χ0v) is 13.2. The van der Waals surface area contributed by atoms with Crippen molar-refractivity contribution in [1.82, 2.24) is 19.6 Å². The highest BCUT2D eigenvalue weighted by atomic mass is 32.2. The molecule has 0 aromatic carbocycles. The van der Waals surface area contributed by atoms with Crippen LogP contribution in [0.1, 0.15) is 32.5 Å². The lowest BCUT2D eigenvalue weighted by Crippen LogP contribution is -2.50. The highest BCUT2D eigenvalue weighted by Crippen LogP contribution is 2.15. The van der Waals surface area contributed by atoms with Crippen molar-refractivity contribution in [3.63, 3.8) is 0 Å². The van der Waals surface area contributed by atoms with Crippen molar-refractivity contribution >= 4 is 10.0 Å². The summed E-state index contributed by atoms with van der Waals surface area (Å²) in [6, 6.07) is -0.0645. The maximum Gasteiger partial charge on any atom is 0.259 e. The first-order valence-corrected chi connectivity index (χ1v) is 8.69. The standard InChI is InChI=1S/C13H24N4O2S/c1-4-7-17-9-13(15-11(17)3)20(18,19)16-12-8-14-6-5-10(12)2/h9-10,12,14,16H,4-8H2,1-3H3. The van der Waals surface area contributed by atoms with E-state index in [0.29, 0.717) is 12.5 Å². The van der Waals surface area contributed by atoms with Gasteiger partial charge in [0.15, 0.2) is 5.03 Å². The molecule has 6 nitrogen and oxygen atoms in total. The van der Waals surface area contributed by atoms with Gasteiger partial charge >= 0.3 is 0 Å². The quantitative estimate of drug-likeness (QED) is 0.846. The number of hydrogen-bond donors (Lipinski definition) is 2. The van der Waals surface area contributed by atoms with Crippen LogP contribution in [0.3, 0.4) is 0 Å². The van der Waals surface area contributed by atoms with Gasteiger partial charge < -0.3 is 9.88 Å². The molecule has 2 heterocycles. The lowest BCUT2D eigenvalue weighted by molar-refractivity contribution is 0.327. The molecule has 1 aliphatic heterocycles. The largest absolute Gasteiger partial charge is 0.334 e. The van der Waals surface area contributed by atoms with Crippen molar-refractivity contribution in [3.05, 3.63) is 12.0 Å². The van der Waals surface area contributed by atoms with E-state index in [2.05, 4.69) is 28.9 Å². The lowest BCUT2D eigenvalue weighted by atomic mass is 9.96. The second kappa shape index (κ2) is 6.24. The van der Waals surface area contributed by atoms with Gasteiger partial charge in [0.2, 0.25) is 0 Å². The van der Waals surface area contributed by atoms with Crippen LogP contribution < -0.4 is 10.0 Å². The predicted octanol–water partition coefficient (Wildman–Crippen LogP) is 0.878. The van der Waals surface area contributed by atoms with Gasteiger partial charge in [0, 0.05) is 25.3 Å². The maximum absolute atomic E-state index is 12.4. The number of nitrogens with zero attached hydrogens (tertiary/aromatic N) is 2. The van der Waals surface area contributed by atoms with Crippen molar-refractivity contribution in [3.8, 4) is 0 Å². The number of rotatable bonds is 5. The van der Waals surface area contributed by atoms with Gasteiger partial charge in [-0.2, -0.15) is 0 Å². The summed E-state index contributed by atoms with van der Waals surface area (Å²) in [6.45, 7) is 8.38. The van der Waals surface area contributed by atoms with Gasteiger partial charge in [-0.1, -0.05) is 13.8 Å². The molecule has 0 radical (unpaired) electrons. The van der Waals surface area contributed by atoms with Gasteiger partial charge in [-0.25, -0.2) is 18.1 Å². The minimum atomic E-state index is -3.53. The van der Waals surface area contributed by atoms with E-state index < -0.39 is 10.0 Å². The van der Waals surface area contributed by atoms with Crippen LogP contribution in [-0.4, -0.2) is 37.1 Å². The number of imidazole rings is 1. The third-order valence-electron chi connectivity index (χ3n) is 3.83. The Morgan fingerprint density at radius 1 is 1.55 bits per heavy atom. The Morgan fingerprint density at radius 2 is 2.30 bits per heavy atom. The summed E-state index contributed by atoms with van der Waals surface area (Å²) in [7, 11) is -3.53. The van der Waals surface area contributed by atoms with Gasteiger partial charge in [0.1, 0.15) is 5.82 Å². The van der Waals surface area contributed by atoms with E-state index in [1.807, 2.05) is 11.5 Å². The molecular formula is C13H24N4O2S. The summed E-state index contributed by atoms with van der Waals surface area (Å²) >= 11 is 0. The highest BCUT2D eigenvalue weighted by Gasteiger charge is 2.28. The van der Waals surface area contributed by atoms with Crippen LogP contribution in [0.4, 0.5) is 0 Å². The highest BCUT2D eigenvalue weighted by molar-refractivity contribution is 7.89. The molecule has 1 saturated heterocycles. The van der Waals surface area contributed by atoms with Crippen molar-refractivity contribution in [2.45, 2.75) is 51.2 Å². The van der Waals surface area contributed by atoms with Gasteiger partial charge in [0.25, 0.3) is 10.0 Å². The Bertz CT molecular complexity index is 553. The summed E-state index contributed by atoms with van der Waals surface area (Å²) in [5.41, 5.74) is 0. The summed E-state index contributed by atoms with van der Waals surface area (Å²) in [6.07, 6.45) is 3.56. The molecule has 7 heteroatoms. The first-order valence-electron chi connectivity index (χ1n) is 7.21. The van der Waals surface area contributed by atoms with Crippen LogP contribution in [-0.2, 0) is 16.6 Å². The Hall–Kier alpha value is -0.920. The van der Waals surface area contributed by atoms with E-state index in [0.717, 1.165) is 31.8 Å². The number of aryl methyl sites for hydroxylation is 2. The monoisotopic (exact) mass is 300 g/mol. The Balaban J connectivity index is 2.15. The van der Waals surface area contributed by atoms with Crippen LogP contribution >= 0.6 is 0 Å². The third-order valence-corrected chi connectivity index (χ3v) is 5.19.